The predicted molar refractivity (Wildman–Crippen MR) is 233 cm³/mol. The van der Waals surface area contributed by atoms with Crippen LogP contribution in [-0.2, 0) is 34.6 Å². The van der Waals surface area contributed by atoms with Gasteiger partial charge in [-0.15, -0.1) is 5.10 Å². The van der Waals surface area contributed by atoms with Crippen LogP contribution in [0.2, 0.25) is 18.6 Å². The first-order valence-corrected chi connectivity index (χ1v) is 23.4. The van der Waals surface area contributed by atoms with E-state index in [-0.39, 0.29) is 59.2 Å². The molecule has 1 N–H and O–H groups in total. The molecule has 0 saturated carbocycles. The Labute approximate surface area is 354 Å². The fraction of sp³-hybridized carbons (Fsp3) is 0.326. The van der Waals surface area contributed by atoms with Crippen molar-refractivity contribution in [1.29, 1.82) is 0 Å². The maximum atomic E-state index is 15.6. The Morgan fingerprint density at radius 3 is 2.08 bits per heavy atom. The molecular weight excluding hydrogens is 793 g/mol. The SMILES string of the molecule is COc1ccc([Si](C)(C)[C@H]2[C@H](CCn3cc(CCO)nn3)O[C@@]3(C(=O)N(Cc4ccc(-n5cccc(OC)c5=O)cc4)c4ccc(-n5cccc(OC)c5=O)cc43)[C@@H]2C)cc1. The molecule has 316 valence electrons. The minimum absolute atomic E-state index is 0.0253. The topological polar surface area (TPSA) is 152 Å². The Morgan fingerprint density at radius 2 is 1.46 bits per heavy atom. The van der Waals surface area contributed by atoms with Gasteiger partial charge < -0.3 is 29.0 Å². The van der Waals surface area contributed by atoms with E-state index in [9.17, 15) is 14.7 Å². The Balaban J connectivity index is 1.23. The van der Waals surface area contributed by atoms with Gasteiger partial charge in [-0.1, -0.05) is 54.7 Å². The number of hydrogen-bond acceptors (Lipinski definition) is 10. The first-order chi connectivity index (χ1) is 29.4. The predicted octanol–water partition coefficient (Wildman–Crippen LogP) is 4.99. The van der Waals surface area contributed by atoms with Crippen LogP contribution in [0.4, 0.5) is 5.69 Å². The number of anilines is 1. The Kier molecular flexibility index (Phi) is 11.3. The van der Waals surface area contributed by atoms with Gasteiger partial charge in [-0.2, -0.15) is 0 Å². The van der Waals surface area contributed by atoms with Crippen molar-refractivity contribution in [3.63, 3.8) is 0 Å². The van der Waals surface area contributed by atoms with E-state index < -0.39 is 13.7 Å². The molecule has 6 aromatic rings. The largest absolute Gasteiger partial charge is 0.497 e. The van der Waals surface area contributed by atoms with Gasteiger partial charge in [-0.3, -0.25) is 28.2 Å². The molecule has 61 heavy (non-hydrogen) atoms. The van der Waals surface area contributed by atoms with E-state index in [4.69, 9.17) is 18.9 Å². The second kappa shape index (κ2) is 16.6. The summed E-state index contributed by atoms with van der Waals surface area (Å²) in [6, 6.07) is 28.2. The second-order valence-electron chi connectivity index (χ2n) is 16.2. The van der Waals surface area contributed by atoms with Gasteiger partial charge in [0.25, 0.3) is 17.0 Å². The number of nitrogens with zero attached hydrogens (tertiary/aromatic N) is 6. The molecule has 14 nitrogen and oxygen atoms in total. The van der Waals surface area contributed by atoms with Gasteiger partial charge in [0.15, 0.2) is 17.1 Å². The minimum atomic E-state index is -2.48. The second-order valence-corrected chi connectivity index (χ2v) is 20.8. The van der Waals surface area contributed by atoms with Crippen molar-refractivity contribution in [2.75, 3.05) is 32.8 Å². The summed E-state index contributed by atoms with van der Waals surface area (Å²) in [4.78, 5) is 44.0. The van der Waals surface area contributed by atoms with Gasteiger partial charge in [-0.05, 0) is 84.3 Å². The molecule has 1 spiro atoms. The Morgan fingerprint density at radius 1 is 0.820 bits per heavy atom. The molecule has 3 aromatic carbocycles. The van der Waals surface area contributed by atoms with Gasteiger partial charge >= 0.3 is 0 Å². The molecule has 0 aliphatic carbocycles. The van der Waals surface area contributed by atoms with Crippen molar-refractivity contribution >= 4 is 24.9 Å². The van der Waals surface area contributed by atoms with E-state index in [2.05, 4.69) is 42.5 Å². The molecule has 15 heteroatoms. The molecule has 1 amide bonds. The zero-order valence-electron chi connectivity index (χ0n) is 35.1. The van der Waals surface area contributed by atoms with E-state index >= 15 is 4.79 Å². The lowest BCUT2D eigenvalue weighted by Crippen LogP contribution is -2.51. The van der Waals surface area contributed by atoms with E-state index in [0.717, 1.165) is 11.3 Å². The third-order valence-electron chi connectivity index (χ3n) is 12.5. The van der Waals surface area contributed by atoms with Crippen LogP contribution >= 0.6 is 0 Å². The summed E-state index contributed by atoms with van der Waals surface area (Å²) in [6.45, 7) is 7.49. The number of hydrogen-bond donors (Lipinski definition) is 1. The van der Waals surface area contributed by atoms with Crippen molar-refractivity contribution < 1.29 is 28.8 Å². The summed E-state index contributed by atoms with van der Waals surface area (Å²) in [5, 5.41) is 19.3. The smallest absolute Gasteiger partial charge is 0.297 e. The summed E-state index contributed by atoms with van der Waals surface area (Å²) >= 11 is 0. The average molecular weight is 843 g/mol. The zero-order chi connectivity index (χ0) is 43.1. The summed E-state index contributed by atoms with van der Waals surface area (Å²) in [7, 11) is 2.10. The van der Waals surface area contributed by atoms with Crippen LogP contribution in [-0.4, -0.2) is 77.3 Å². The van der Waals surface area contributed by atoms with Gasteiger partial charge in [-0.25, -0.2) is 0 Å². The number of carbonyl (C=O) groups is 1. The van der Waals surface area contributed by atoms with Crippen LogP contribution in [0, 0.1) is 5.92 Å². The summed E-state index contributed by atoms with van der Waals surface area (Å²) in [6.07, 6.45) is 5.81. The number of aryl methyl sites for hydroxylation is 1. The quantitative estimate of drug-likeness (QED) is 0.149. The monoisotopic (exact) mass is 842 g/mol. The minimum Gasteiger partial charge on any atom is -0.497 e. The van der Waals surface area contributed by atoms with Crippen molar-refractivity contribution in [2.24, 2.45) is 5.92 Å². The molecule has 5 heterocycles. The van der Waals surface area contributed by atoms with Crippen molar-refractivity contribution in [1.82, 2.24) is 24.1 Å². The average Bonchev–Trinajstić information content (AvgIpc) is 3.92. The lowest BCUT2D eigenvalue weighted by Gasteiger charge is -2.37. The lowest BCUT2D eigenvalue weighted by atomic mass is 9.82. The van der Waals surface area contributed by atoms with Crippen LogP contribution in [0.25, 0.3) is 11.4 Å². The van der Waals surface area contributed by atoms with Crippen LogP contribution in [0.15, 0.2) is 119 Å². The number of pyridine rings is 2. The molecule has 8 rings (SSSR count). The van der Waals surface area contributed by atoms with E-state index in [1.165, 1.54) is 28.5 Å². The maximum Gasteiger partial charge on any atom is 0.297 e. The number of rotatable bonds is 14. The molecule has 4 atom stereocenters. The standard InChI is InChI=1S/C46H50N6O8Si/c1-30-42(61(5,6)36-18-16-35(57-2)17-19-36)39(21-25-49-29-32(22-26-53)47-48-49)60-46(30)37-27-34(51-24-8-10-41(59-4)44(51)55)15-20-38(37)52(45(46)56)28-31-11-13-33(14-12-31)50-23-7-9-40(58-3)43(50)54/h7-20,23-24,27,29-30,39,42,53H,21-22,25-26,28H2,1-6H3/t30-,39+,42-,46+/m1/s1. The van der Waals surface area contributed by atoms with E-state index in [0.29, 0.717) is 47.7 Å². The van der Waals surface area contributed by atoms with Crippen LogP contribution < -0.4 is 35.4 Å². The number of carbonyl (C=O) groups excluding carboxylic acids is 1. The van der Waals surface area contributed by atoms with Crippen molar-refractivity contribution in [3.05, 3.63) is 147 Å². The third kappa shape index (κ3) is 7.25. The summed E-state index contributed by atoms with van der Waals surface area (Å²) in [5.41, 5.74) is 2.10. The number of benzene rings is 3. The number of fused-ring (bicyclic) bond motifs is 2. The van der Waals surface area contributed by atoms with Gasteiger partial charge in [0.2, 0.25) is 0 Å². The number of aliphatic hydroxyl groups excluding tert-OH is 1. The molecule has 3 aromatic heterocycles. The molecule has 0 radical (unpaired) electrons. The molecule has 0 bridgehead atoms. The van der Waals surface area contributed by atoms with E-state index in [1.807, 2.05) is 60.8 Å². The highest BCUT2D eigenvalue weighted by Gasteiger charge is 2.66. The van der Waals surface area contributed by atoms with Crippen molar-refractivity contribution in [3.8, 4) is 28.6 Å². The summed E-state index contributed by atoms with van der Waals surface area (Å²) < 4.78 is 28.4. The van der Waals surface area contributed by atoms with Gasteiger partial charge in [0.05, 0.1) is 53.4 Å². The molecule has 1 fully saturated rings. The number of methoxy groups -OCH3 is 3. The van der Waals surface area contributed by atoms with Crippen LogP contribution in [0.1, 0.15) is 30.2 Å². The normalized spacial score (nSPS) is 19.7. The third-order valence-corrected chi connectivity index (χ3v) is 16.9. The number of amides is 1. The summed E-state index contributed by atoms with van der Waals surface area (Å²) in [5.74, 6) is 0.707. The number of aliphatic hydroxyl groups is 1. The maximum absolute atomic E-state index is 15.6. The van der Waals surface area contributed by atoms with E-state index in [1.54, 1.807) is 53.4 Å². The number of ether oxygens (including phenoxy) is 4. The molecule has 2 aliphatic heterocycles. The van der Waals surface area contributed by atoms with Gasteiger partial charge in [0.1, 0.15) is 5.75 Å². The Hall–Kier alpha value is -6.29. The molecular formula is C46H50N6O8Si. The zero-order valence-corrected chi connectivity index (χ0v) is 36.1. The molecule has 0 unspecified atom stereocenters. The highest BCUT2D eigenvalue weighted by Crippen LogP contribution is 2.60. The van der Waals surface area contributed by atoms with Gasteiger partial charge in [0, 0.05) is 61.0 Å². The first-order valence-electron chi connectivity index (χ1n) is 20.3. The fourth-order valence-electron chi connectivity index (χ4n) is 9.42. The number of aromatic nitrogens is 5. The highest BCUT2D eigenvalue weighted by atomic mass is 28.3. The molecule has 1 saturated heterocycles. The van der Waals surface area contributed by atoms with Crippen LogP contribution in [0.3, 0.4) is 0 Å². The Bertz CT molecular complexity index is 2680. The van der Waals surface area contributed by atoms with Crippen molar-refractivity contribution in [2.45, 2.75) is 63.2 Å². The molecule has 2 aliphatic rings. The van der Waals surface area contributed by atoms with Crippen LogP contribution in [0.5, 0.6) is 17.2 Å². The highest BCUT2D eigenvalue weighted by molar-refractivity contribution is 6.91. The first kappa shape index (κ1) is 41.4. The fourth-order valence-corrected chi connectivity index (χ4v) is 13.5. The lowest BCUT2D eigenvalue weighted by molar-refractivity contribution is -0.146.